The van der Waals surface area contributed by atoms with Gasteiger partial charge in [-0.1, -0.05) is 48.5 Å². The van der Waals surface area contributed by atoms with Crippen LogP contribution in [0.25, 0.3) is 10.9 Å². The third kappa shape index (κ3) is 7.63. The van der Waals surface area contributed by atoms with Gasteiger partial charge >= 0.3 is 18.4 Å². The standard InChI is InChI=1S/C31H37F3N4O4/c1-29(2,3)41-27(39)35-26(36-28(40)42-30(4,5)6)37-17-18-38-23(16-15-20-11-8-7-9-12-20)24(31(32,33)34)22-14-10-13-21(19-37)25(22)38/h7-14H,15-19H2,1-6H3,(H,35,36,39,40). The molecule has 1 aliphatic rings. The second-order valence-electron chi connectivity index (χ2n) is 12.2. The Hall–Kier alpha value is -4.02. The molecule has 0 bridgehead atoms. The molecule has 0 atom stereocenters. The Morgan fingerprint density at radius 2 is 1.55 bits per heavy atom. The maximum Gasteiger partial charge on any atom is 0.437 e. The molecular weight excluding hydrogens is 549 g/mol. The van der Waals surface area contributed by atoms with Crippen molar-refractivity contribution in [3.8, 4) is 0 Å². The number of alkyl carbamates (subject to hydrolysis) is 1. The van der Waals surface area contributed by atoms with Crippen molar-refractivity contribution in [1.82, 2.24) is 14.8 Å². The van der Waals surface area contributed by atoms with Gasteiger partial charge in [-0.25, -0.2) is 9.59 Å². The lowest BCUT2D eigenvalue weighted by Gasteiger charge is -2.27. The van der Waals surface area contributed by atoms with Gasteiger partial charge in [0.2, 0.25) is 5.96 Å². The number of carbonyl (C=O) groups is 2. The highest BCUT2D eigenvalue weighted by Crippen LogP contribution is 2.42. The Labute approximate surface area is 243 Å². The van der Waals surface area contributed by atoms with Crippen LogP contribution >= 0.6 is 0 Å². The molecule has 2 amide bonds. The molecule has 1 aromatic heterocycles. The zero-order valence-corrected chi connectivity index (χ0v) is 24.8. The first-order chi connectivity index (χ1) is 19.5. The fourth-order valence-electron chi connectivity index (χ4n) is 5.03. The number of nitrogens with one attached hydrogen (secondary N) is 1. The molecule has 2 aromatic carbocycles. The van der Waals surface area contributed by atoms with E-state index in [2.05, 4.69) is 10.3 Å². The van der Waals surface area contributed by atoms with Crippen molar-refractivity contribution in [2.24, 2.45) is 4.99 Å². The molecule has 8 nitrogen and oxygen atoms in total. The van der Waals surface area contributed by atoms with E-state index in [4.69, 9.17) is 9.47 Å². The van der Waals surface area contributed by atoms with E-state index in [0.717, 1.165) is 5.56 Å². The van der Waals surface area contributed by atoms with Crippen LogP contribution in [-0.2, 0) is 41.6 Å². The number of benzene rings is 2. The average Bonchev–Trinajstić information content (AvgIpc) is 3.04. The lowest BCUT2D eigenvalue weighted by atomic mass is 10.0. The second-order valence-corrected chi connectivity index (χ2v) is 12.2. The van der Waals surface area contributed by atoms with Crippen molar-refractivity contribution in [2.45, 2.75) is 84.9 Å². The highest BCUT2D eigenvalue weighted by molar-refractivity contribution is 5.99. The first-order valence-electron chi connectivity index (χ1n) is 13.8. The lowest BCUT2D eigenvalue weighted by Crippen LogP contribution is -2.47. The van der Waals surface area contributed by atoms with Gasteiger partial charge in [-0.3, -0.25) is 5.32 Å². The normalized spacial score (nSPS) is 14.5. The van der Waals surface area contributed by atoms with Gasteiger partial charge in [-0.05, 0) is 65.5 Å². The number of amides is 2. The Morgan fingerprint density at radius 3 is 2.17 bits per heavy atom. The van der Waals surface area contributed by atoms with E-state index in [-0.39, 0.29) is 43.1 Å². The van der Waals surface area contributed by atoms with Gasteiger partial charge in [0.15, 0.2) is 0 Å². The fourth-order valence-corrected chi connectivity index (χ4v) is 5.03. The van der Waals surface area contributed by atoms with Gasteiger partial charge < -0.3 is 18.9 Å². The fraction of sp³-hybridized carbons (Fsp3) is 0.452. The van der Waals surface area contributed by atoms with E-state index < -0.39 is 35.1 Å². The summed E-state index contributed by atoms with van der Waals surface area (Å²) < 4.78 is 56.0. The van der Waals surface area contributed by atoms with Crippen LogP contribution in [0.4, 0.5) is 22.8 Å². The first-order valence-corrected chi connectivity index (χ1v) is 13.8. The van der Waals surface area contributed by atoms with Crippen LogP contribution in [0.2, 0.25) is 0 Å². The summed E-state index contributed by atoms with van der Waals surface area (Å²) in [4.78, 5) is 31.1. The van der Waals surface area contributed by atoms with Crippen LogP contribution in [0.1, 0.15) is 63.9 Å². The molecule has 3 aromatic rings. The summed E-state index contributed by atoms with van der Waals surface area (Å²) in [5.41, 5.74) is -0.0614. The zero-order valence-electron chi connectivity index (χ0n) is 24.8. The third-order valence-corrected chi connectivity index (χ3v) is 6.51. The van der Waals surface area contributed by atoms with E-state index in [0.29, 0.717) is 17.5 Å². The number of carbonyl (C=O) groups excluding carboxylic acids is 2. The molecule has 0 fully saturated rings. The molecule has 0 spiro atoms. The van der Waals surface area contributed by atoms with Crippen LogP contribution in [0.3, 0.4) is 0 Å². The summed E-state index contributed by atoms with van der Waals surface area (Å²) in [5.74, 6) is -0.108. The summed E-state index contributed by atoms with van der Waals surface area (Å²) in [6, 6.07) is 14.2. The third-order valence-electron chi connectivity index (χ3n) is 6.51. The Kier molecular flexibility index (Phi) is 8.61. The first kappa shape index (κ1) is 30.9. The second kappa shape index (κ2) is 11.7. The summed E-state index contributed by atoms with van der Waals surface area (Å²) in [7, 11) is 0. The number of para-hydroxylation sites is 1. The predicted octanol–water partition coefficient (Wildman–Crippen LogP) is 7.08. The van der Waals surface area contributed by atoms with Gasteiger partial charge in [0.05, 0.1) is 11.1 Å². The molecular formula is C31H37F3N4O4. The number of nitrogens with zero attached hydrogens (tertiary/aromatic N) is 3. The number of ether oxygens (including phenoxy) is 2. The van der Waals surface area contributed by atoms with Crippen molar-refractivity contribution in [3.05, 3.63) is 70.9 Å². The van der Waals surface area contributed by atoms with E-state index >= 15 is 0 Å². The highest BCUT2D eigenvalue weighted by Gasteiger charge is 2.39. The predicted molar refractivity (Wildman–Crippen MR) is 154 cm³/mol. The minimum atomic E-state index is -4.55. The summed E-state index contributed by atoms with van der Waals surface area (Å²) in [5, 5.41) is 2.68. The number of aromatic nitrogens is 1. The van der Waals surface area contributed by atoms with Gasteiger partial charge in [0.25, 0.3) is 0 Å². The van der Waals surface area contributed by atoms with E-state index in [1.165, 1.54) is 6.07 Å². The van der Waals surface area contributed by atoms with Gasteiger partial charge in [0.1, 0.15) is 11.2 Å². The van der Waals surface area contributed by atoms with Crippen LogP contribution in [0.5, 0.6) is 0 Å². The number of hydrogen-bond acceptors (Lipinski definition) is 4. The van der Waals surface area contributed by atoms with Crippen molar-refractivity contribution in [3.63, 3.8) is 0 Å². The Morgan fingerprint density at radius 1 is 0.881 bits per heavy atom. The molecule has 0 aliphatic carbocycles. The number of halogens is 3. The quantitative estimate of drug-likeness (QED) is 0.262. The molecule has 1 aliphatic heterocycles. The van der Waals surface area contributed by atoms with Gasteiger partial charge in [-0.2, -0.15) is 13.2 Å². The number of hydrogen-bond donors (Lipinski definition) is 1. The molecule has 226 valence electrons. The molecule has 1 N–H and O–H groups in total. The highest BCUT2D eigenvalue weighted by atomic mass is 19.4. The number of guanidine groups is 1. The molecule has 0 unspecified atom stereocenters. The van der Waals surface area contributed by atoms with Crippen molar-refractivity contribution in [1.29, 1.82) is 0 Å². The van der Waals surface area contributed by atoms with Crippen molar-refractivity contribution >= 4 is 29.0 Å². The lowest BCUT2D eigenvalue weighted by molar-refractivity contribution is -0.137. The largest absolute Gasteiger partial charge is 0.444 e. The maximum absolute atomic E-state index is 14.5. The van der Waals surface area contributed by atoms with E-state index in [1.807, 2.05) is 30.3 Å². The minimum Gasteiger partial charge on any atom is -0.444 e. The molecule has 0 saturated carbocycles. The molecule has 0 saturated heterocycles. The minimum absolute atomic E-state index is 0.0915. The van der Waals surface area contributed by atoms with Crippen LogP contribution in [-0.4, -0.2) is 45.4 Å². The topological polar surface area (TPSA) is 85.2 Å². The van der Waals surface area contributed by atoms with E-state index in [1.54, 1.807) is 63.1 Å². The van der Waals surface area contributed by atoms with Crippen LogP contribution < -0.4 is 5.32 Å². The molecule has 42 heavy (non-hydrogen) atoms. The Bertz CT molecular complexity index is 1480. The van der Waals surface area contributed by atoms with Gasteiger partial charge in [-0.15, -0.1) is 4.99 Å². The van der Waals surface area contributed by atoms with Crippen LogP contribution in [0.15, 0.2) is 53.5 Å². The molecule has 0 radical (unpaired) electrons. The summed E-state index contributed by atoms with van der Waals surface area (Å²) in [6.45, 7) is 10.6. The number of rotatable bonds is 3. The molecule has 2 heterocycles. The monoisotopic (exact) mass is 586 g/mol. The Balaban J connectivity index is 1.75. The van der Waals surface area contributed by atoms with Crippen molar-refractivity contribution < 1.29 is 32.2 Å². The zero-order chi connectivity index (χ0) is 30.9. The SMILES string of the molecule is CC(C)(C)OC(=O)/N=C(/NC(=O)OC(C)(C)C)N1CCn2c(CCc3ccccc3)c(C(F)(F)F)c3cccc(c32)C1. The average molecular weight is 587 g/mol. The molecule has 4 rings (SSSR count). The van der Waals surface area contributed by atoms with Crippen LogP contribution in [0, 0.1) is 0 Å². The number of aryl methyl sites for hydroxylation is 1. The van der Waals surface area contributed by atoms with Crippen molar-refractivity contribution in [2.75, 3.05) is 6.54 Å². The summed E-state index contributed by atoms with van der Waals surface area (Å²) in [6.07, 6.45) is -5.67. The smallest absolute Gasteiger partial charge is 0.437 e. The number of alkyl halides is 3. The maximum atomic E-state index is 14.5. The summed E-state index contributed by atoms with van der Waals surface area (Å²) >= 11 is 0. The molecule has 11 heteroatoms. The number of aliphatic imine (C=N–C) groups is 1. The van der Waals surface area contributed by atoms with Gasteiger partial charge in [0, 0.05) is 30.7 Å². The van der Waals surface area contributed by atoms with E-state index in [9.17, 15) is 22.8 Å².